The fraction of sp³-hybridized carbons (Fsp3) is 0.318. The number of benzene rings is 2. The van der Waals surface area contributed by atoms with Crippen LogP contribution in [0.15, 0.2) is 52.7 Å². The first kappa shape index (κ1) is 21.0. The molecule has 2 aromatic carbocycles. The van der Waals surface area contributed by atoms with Crippen molar-refractivity contribution in [3.63, 3.8) is 0 Å². The van der Waals surface area contributed by atoms with E-state index < -0.39 is 15.8 Å². The maximum atomic E-state index is 13.6. The van der Waals surface area contributed by atoms with Gasteiger partial charge in [-0.25, -0.2) is 17.8 Å². The van der Waals surface area contributed by atoms with E-state index in [1.54, 1.807) is 18.3 Å². The number of thiazole rings is 1. The largest absolute Gasteiger partial charge is 0.345 e. The molecule has 0 spiro atoms. The molecule has 1 aromatic heterocycles. The van der Waals surface area contributed by atoms with Gasteiger partial charge in [-0.1, -0.05) is 37.3 Å². The van der Waals surface area contributed by atoms with Crippen molar-refractivity contribution in [2.45, 2.75) is 25.2 Å². The van der Waals surface area contributed by atoms with E-state index in [0.29, 0.717) is 31.7 Å². The number of aromatic nitrogens is 1. The number of nitrogens with zero attached hydrogens (tertiary/aromatic N) is 3. The van der Waals surface area contributed by atoms with Gasteiger partial charge in [0.2, 0.25) is 10.0 Å². The van der Waals surface area contributed by atoms with Crippen LogP contribution in [0.1, 0.15) is 18.1 Å². The second-order valence-corrected chi connectivity index (χ2v) is 10.1. The first-order chi connectivity index (χ1) is 14.4. The summed E-state index contributed by atoms with van der Waals surface area (Å²) in [6.07, 6.45) is 1.00. The number of anilines is 1. The average Bonchev–Trinajstić information content (AvgIpc) is 3.26. The van der Waals surface area contributed by atoms with Gasteiger partial charge < -0.3 is 4.90 Å². The van der Waals surface area contributed by atoms with E-state index in [-0.39, 0.29) is 4.90 Å². The van der Waals surface area contributed by atoms with Gasteiger partial charge in [-0.15, -0.1) is 11.3 Å². The molecule has 1 aliphatic heterocycles. The summed E-state index contributed by atoms with van der Waals surface area (Å²) in [4.78, 5) is 6.91. The van der Waals surface area contributed by atoms with Gasteiger partial charge >= 0.3 is 0 Å². The van der Waals surface area contributed by atoms with E-state index in [0.717, 1.165) is 28.9 Å². The SMILES string of the molecule is CCc1ccc(-c2csc(N3CCN(S(=O)(=O)c4cc(F)ccc4C)CC3)n2)cc1. The molecule has 2 heterocycles. The zero-order chi connectivity index (χ0) is 21.3. The van der Waals surface area contributed by atoms with Crippen LogP contribution in [-0.2, 0) is 16.4 Å². The Bertz CT molecular complexity index is 1140. The third kappa shape index (κ3) is 4.12. The maximum Gasteiger partial charge on any atom is 0.243 e. The molecular weight excluding hydrogens is 421 g/mol. The van der Waals surface area contributed by atoms with Gasteiger partial charge in [0.1, 0.15) is 5.82 Å². The summed E-state index contributed by atoms with van der Waals surface area (Å²) in [5.41, 5.74) is 3.86. The molecule has 0 saturated carbocycles. The normalized spacial score (nSPS) is 15.5. The van der Waals surface area contributed by atoms with Crippen molar-refractivity contribution < 1.29 is 12.8 Å². The lowest BCUT2D eigenvalue weighted by atomic mass is 10.1. The minimum absolute atomic E-state index is 0.0445. The topological polar surface area (TPSA) is 53.5 Å². The fourth-order valence-electron chi connectivity index (χ4n) is 3.56. The third-order valence-corrected chi connectivity index (χ3v) is 8.37. The van der Waals surface area contributed by atoms with Gasteiger partial charge in [0, 0.05) is 37.1 Å². The predicted octanol–water partition coefficient (Wildman–Crippen LogP) is 4.33. The van der Waals surface area contributed by atoms with E-state index in [9.17, 15) is 12.8 Å². The minimum Gasteiger partial charge on any atom is -0.345 e. The highest BCUT2D eigenvalue weighted by molar-refractivity contribution is 7.89. The lowest BCUT2D eigenvalue weighted by Gasteiger charge is -2.34. The number of sulfonamides is 1. The van der Waals surface area contributed by atoms with Crippen molar-refractivity contribution >= 4 is 26.5 Å². The summed E-state index contributed by atoms with van der Waals surface area (Å²) in [6, 6.07) is 12.3. The molecule has 0 bridgehead atoms. The standard InChI is InChI=1S/C22H24FN3O2S2/c1-3-17-5-7-18(8-6-17)20-15-29-22(24-20)25-10-12-26(13-11-25)30(27,28)21-14-19(23)9-4-16(21)2/h4-9,14-15H,3,10-13H2,1-2H3. The monoisotopic (exact) mass is 445 g/mol. The fourth-order valence-corrected chi connectivity index (χ4v) is 6.11. The summed E-state index contributed by atoms with van der Waals surface area (Å²) in [6.45, 7) is 5.61. The number of piperazine rings is 1. The van der Waals surface area contributed by atoms with Crippen molar-refractivity contribution in [3.05, 3.63) is 64.8 Å². The van der Waals surface area contributed by atoms with Gasteiger partial charge in [0.15, 0.2) is 5.13 Å². The molecule has 0 radical (unpaired) electrons. The number of halogens is 1. The summed E-state index contributed by atoms with van der Waals surface area (Å²) < 4.78 is 41.0. The Labute approximate surface area is 180 Å². The lowest BCUT2D eigenvalue weighted by Crippen LogP contribution is -2.48. The molecule has 4 rings (SSSR count). The zero-order valence-corrected chi connectivity index (χ0v) is 18.6. The summed E-state index contributed by atoms with van der Waals surface area (Å²) in [5.74, 6) is -0.542. The molecule has 0 N–H and O–H groups in total. The molecule has 0 amide bonds. The highest BCUT2D eigenvalue weighted by atomic mass is 32.2. The second-order valence-electron chi connectivity index (χ2n) is 7.37. The van der Waals surface area contributed by atoms with Crippen LogP contribution in [0.2, 0.25) is 0 Å². The quantitative estimate of drug-likeness (QED) is 0.587. The van der Waals surface area contributed by atoms with Crippen LogP contribution in [0.3, 0.4) is 0 Å². The van der Waals surface area contributed by atoms with E-state index in [1.807, 2.05) is 5.38 Å². The number of aryl methyl sites for hydroxylation is 2. The van der Waals surface area contributed by atoms with Crippen molar-refractivity contribution in [1.29, 1.82) is 0 Å². The van der Waals surface area contributed by atoms with Crippen LogP contribution in [0.4, 0.5) is 9.52 Å². The number of hydrogen-bond acceptors (Lipinski definition) is 5. The molecule has 158 valence electrons. The molecule has 1 saturated heterocycles. The molecule has 0 aliphatic carbocycles. The summed E-state index contributed by atoms with van der Waals surface area (Å²) in [5, 5.41) is 2.93. The highest BCUT2D eigenvalue weighted by Crippen LogP contribution is 2.29. The molecular formula is C22H24FN3O2S2. The first-order valence-corrected chi connectivity index (χ1v) is 12.3. The van der Waals surface area contributed by atoms with Crippen LogP contribution in [0.5, 0.6) is 0 Å². The zero-order valence-electron chi connectivity index (χ0n) is 17.0. The third-order valence-electron chi connectivity index (χ3n) is 5.43. The second kappa shape index (κ2) is 8.45. The highest BCUT2D eigenvalue weighted by Gasteiger charge is 2.30. The Morgan fingerprint density at radius 3 is 2.43 bits per heavy atom. The molecule has 1 aliphatic rings. The van der Waals surface area contributed by atoms with E-state index in [4.69, 9.17) is 4.98 Å². The Morgan fingerprint density at radius 1 is 1.07 bits per heavy atom. The Hall–Kier alpha value is -2.29. The molecule has 30 heavy (non-hydrogen) atoms. The number of rotatable bonds is 5. The molecule has 8 heteroatoms. The molecule has 5 nitrogen and oxygen atoms in total. The van der Waals surface area contributed by atoms with Gasteiger partial charge in [0.25, 0.3) is 0 Å². The lowest BCUT2D eigenvalue weighted by molar-refractivity contribution is 0.384. The van der Waals surface area contributed by atoms with E-state index in [2.05, 4.69) is 36.1 Å². The first-order valence-electron chi connectivity index (χ1n) is 9.94. The maximum absolute atomic E-state index is 13.6. The van der Waals surface area contributed by atoms with Crippen molar-refractivity contribution in [2.75, 3.05) is 31.1 Å². The van der Waals surface area contributed by atoms with E-state index >= 15 is 0 Å². The van der Waals surface area contributed by atoms with Gasteiger partial charge in [-0.3, -0.25) is 0 Å². The van der Waals surface area contributed by atoms with Crippen LogP contribution < -0.4 is 4.90 Å². The van der Waals surface area contributed by atoms with Crippen LogP contribution in [-0.4, -0.2) is 43.9 Å². The number of hydrogen-bond donors (Lipinski definition) is 0. The van der Waals surface area contributed by atoms with Crippen molar-refractivity contribution in [2.24, 2.45) is 0 Å². The van der Waals surface area contributed by atoms with Crippen molar-refractivity contribution in [3.8, 4) is 11.3 Å². The van der Waals surface area contributed by atoms with Crippen LogP contribution in [0, 0.1) is 12.7 Å². The minimum atomic E-state index is -3.72. The smallest absolute Gasteiger partial charge is 0.243 e. The van der Waals surface area contributed by atoms with Crippen molar-refractivity contribution in [1.82, 2.24) is 9.29 Å². The molecule has 0 atom stereocenters. The Morgan fingerprint density at radius 2 is 1.77 bits per heavy atom. The Kier molecular flexibility index (Phi) is 5.90. The predicted molar refractivity (Wildman–Crippen MR) is 119 cm³/mol. The molecule has 0 unspecified atom stereocenters. The molecule has 3 aromatic rings. The average molecular weight is 446 g/mol. The molecule has 1 fully saturated rings. The summed E-state index contributed by atoms with van der Waals surface area (Å²) in [7, 11) is -3.72. The van der Waals surface area contributed by atoms with Gasteiger partial charge in [-0.2, -0.15) is 4.31 Å². The van der Waals surface area contributed by atoms with E-state index in [1.165, 1.54) is 22.0 Å². The Balaban J connectivity index is 1.46. The van der Waals surface area contributed by atoms with Crippen LogP contribution >= 0.6 is 11.3 Å². The van der Waals surface area contributed by atoms with Crippen LogP contribution in [0.25, 0.3) is 11.3 Å². The van der Waals surface area contributed by atoms with Gasteiger partial charge in [-0.05, 0) is 36.6 Å². The van der Waals surface area contributed by atoms with Gasteiger partial charge in [0.05, 0.1) is 10.6 Å². The summed E-state index contributed by atoms with van der Waals surface area (Å²) >= 11 is 1.57.